The van der Waals surface area contributed by atoms with E-state index in [1.807, 2.05) is 13.2 Å². The highest BCUT2D eigenvalue weighted by atomic mass is 32.2. The van der Waals surface area contributed by atoms with Crippen molar-refractivity contribution < 1.29 is 13.2 Å². The first kappa shape index (κ1) is 14.5. The first-order valence-corrected chi connectivity index (χ1v) is 8.54. The summed E-state index contributed by atoms with van der Waals surface area (Å²) in [4.78, 5) is 0. The van der Waals surface area contributed by atoms with Crippen LogP contribution in [0.3, 0.4) is 0 Å². The summed E-state index contributed by atoms with van der Waals surface area (Å²) in [7, 11) is -1.61. The summed E-state index contributed by atoms with van der Waals surface area (Å²) in [5, 5.41) is 13.2. The molecule has 2 aliphatic rings. The third-order valence-electron chi connectivity index (χ3n) is 4.07. The van der Waals surface area contributed by atoms with E-state index in [0.717, 1.165) is 5.56 Å². The van der Waals surface area contributed by atoms with Gasteiger partial charge in [0.25, 0.3) is 0 Å². The van der Waals surface area contributed by atoms with E-state index in [1.54, 1.807) is 10.9 Å². The number of aryl methyl sites for hydroxylation is 1. The van der Waals surface area contributed by atoms with E-state index in [1.165, 1.54) is 4.31 Å². The molecule has 1 aliphatic carbocycles. The zero-order chi connectivity index (χ0) is 15.1. The lowest BCUT2D eigenvalue weighted by Gasteiger charge is -2.32. The summed E-state index contributed by atoms with van der Waals surface area (Å²) in [5.74, 6) is -0.0732. The topological polar surface area (TPSA) is 88.2 Å². The van der Waals surface area contributed by atoms with Gasteiger partial charge in [-0.05, 0) is 12.8 Å². The number of ether oxygens (including phenoxy) is 1. The van der Waals surface area contributed by atoms with Crippen LogP contribution in [0.25, 0.3) is 0 Å². The van der Waals surface area contributed by atoms with Gasteiger partial charge in [-0.1, -0.05) is 0 Å². The summed E-state index contributed by atoms with van der Waals surface area (Å²) in [5.41, 5.74) is 0.222. The van der Waals surface area contributed by atoms with E-state index < -0.39 is 15.4 Å². The van der Waals surface area contributed by atoms with Crippen molar-refractivity contribution >= 4 is 10.0 Å². The van der Waals surface area contributed by atoms with Crippen LogP contribution < -0.4 is 0 Å². The second-order valence-electron chi connectivity index (χ2n) is 5.81. The van der Waals surface area contributed by atoms with Crippen LogP contribution in [0, 0.1) is 16.7 Å². The Morgan fingerprint density at radius 2 is 2.33 bits per heavy atom. The monoisotopic (exact) mass is 310 g/mol. The van der Waals surface area contributed by atoms with Crippen LogP contribution >= 0.6 is 0 Å². The lowest BCUT2D eigenvalue weighted by molar-refractivity contribution is -0.00266. The van der Waals surface area contributed by atoms with E-state index in [4.69, 9.17) is 10.00 Å². The standard InChI is InChI=1S/C13H18N4O3S/c1-16-7-11(6-15-16)12-8-17(4-5-20-12)21(18,19)10-13(9-14)2-3-13/h6-7,12H,2-5,8,10H2,1H3. The fourth-order valence-corrected chi connectivity index (χ4v) is 4.52. The minimum atomic E-state index is -3.42. The van der Waals surface area contributed by atoms with Crippen molar-refractivity contribution in [1.29, 1.82) is 5.26 Å². The molecule has 8 heteroatoms. The summed E-state index contributed by atoms with van der Waals surface area (Å²) < 4.78 is 33.7. The lowest BCUT2D eigenvalue weighted by atomic mass is 10.2. The number of rotatable bonds is 4. The second-order valence-corrected chi connectivity index (χ2v) is 7.78. The maximum absolute atomic E-state index is 12.5. The molecule has 7 nitrogen and oxygen atoms in total. The minimum Gasteiger partial charge on any atom is -0.371 e. The van der Waals surface area contributed by atoms with Crippen LogP contribution in [-0.2, 0) is 21.8 Å². The van der Waals surface area contributed by atoms with Crippen LogP contribution in [0.2, 0.25) is 0 Å². The fourth-order valence-electron chi connectivity index (χ4n) is 2.57. The largest absolute Gasteiger partial charge is 0.371 e. The van der Waals surface area contributed by atoms with Gasteiger partial charge in [-0.25, -0.2) is 8.42 Å². The van der Waals surface area contributed by atoms with Gasteiger partial charge >= 0.3 is 0 Å². The molecule has 1 saturated heterocycles. The Morgan fingerprint density at radius 1 is 1.57 bits per heavy atom. The first-order valence-electron chi connectivity index (χ1n) is 6.93. The molecule has 2 fully saturated rings. The Morgan fingerprint density at radius 3 is 2.90 bits per heavy atom. The number of nitriles is 1. The van der Waals surface area contributed by atoms with E-state index in [2.05, 4.69) is 11.2 Å². The van der Waals surface area contributed by atoms with Gasteiger partial charge in [0.05, 0.1) is 36.1 Å². The maximum Gasteiger partial charge on any atom is 0.215 e. The summed E-state index contributed by atoms with van der Waals surface area (Å²) in [6, 6.07) is 2.14. The highest BCUT2D eigenvalue weighted by Gasteiger charge is 2.48. The SMILES string of the molecule is Cn1cc(C2CN(S(=O)(=O)CC3(C#N)CC3)CCO2)cn1. The Balaban J connectivity index is 1.72. The molecule has 0 radical (unpaired) electrons. The van der Waals surface area contributed by atoms with Crippen molar-refractivity contribution in [2.75, 3.05) is 25.4 Å². The molecule has 1 aromatic rings. The molecule has 1 saturated carbocycles. The van der Waals surface area contributed by atoms with Crippen LogP contribution in [0.5, 0.6) is 0 Å². The number of hydrogen-bond donors (Lipinski definition) is 0. The minimum absolute atomic E-state index is 0.0732. The Bertz CT molecular complexity index is 672. The van der Waals surface area contributed by atoms with Crippen molar-refractivity contribution in [3.05, 3.63) is 18.0 Å². The van der Waals surface area contributed by atoms with Crippen molar-refractivity contribution in [1.82, 2.24) is 14.1 Å². The molecule has 1 aromatic heterocycles. The van der Waals surface area contributed by atoms with Gasteiger partial charge in [-0.15, -0.1) is 0 Å². The molecular formula is C13H18N4O3S. The van der Waals surface area contributed by atoms with Crippen molar-refractivity contribution in [3.8, 4) is 6.07 Å². The average Bonchev–Trinajstić information content (AvgIpc) is 3.09. The van der Waals surface area contributed by atoms with E-state index in [9.17, 15) is 8.42 Å². The number of sulfonamides is 1. The van der Waals surface area contributed by atoms with Gasteiger partial charge in [-0.2, -0.15) is 14.7 Å². The summed E-state index contributed by atoms with van der Waals surface area (Å²) >= 11 is 0. The zero-order valence-electron chi connectivity index (χ0n) is 11.9. The average molecular weight is 310 g/mol. The second kappa shape index (κ2) is 5.09. The van der Waals surface area contributed by atoms with Crippen LogP contribution in [0.4, 0.5) is 0 Å². The molecule has 2 heterocycles. The number of aromatic nitrogens is 2. The molecule has 0 aromatic carbocycles. The van der Waals surface area contributed by atoms with E-state index in [0.29, 0.717) is 26.0 Å². The Labute approximate surface area is 124 Å². The predicted octanol–water partition coefficient (Wildman–Crippen LogP) is 0.427. The molecule has 1 atom stereocenters. The first-order chi connectivity index (χ1) is 9.94. The molecule has 1 unspecified atom stereocenters. The maximum atomic E-state index is 12.5. The van der Waals surface area contributed by atoms with Gasteiger partial charge in [0.2, 0.25) is 10.0 Å². The molecule has 21 heavy (non-hydrogen) atoms. The van der Waals surface area contributed by atoms with Crippen LogP contribution in [0.15, 0.2) is 12.4 Å². The Hall–Kier alpha value is -1.43. The van der Waals surface area contributed by atoms with Crippen molar-refractivity contribution in [2.24, 2.45) is 12.5 Å². The highest BCUT2D eigenvalue weighted by Crippen LogP contribution is 2.46. The quantitative estimate of drug-likeness (QED) is 0.804. The molecule has 3 rings (SSSR count). The summed E-state index contributed by atoms with van der Waals surface area (Å²) in [6.45, 7) is 0.995. The fraction of sp³-hybridized carbons (Fsp3) is 0.692. The zero-order valence-corrected chi connectivity index (χ0v) is 12.7. The predicted molar refractivity (Wildman–Crippen MR) is 74.5 cm³/mol. The molecule has 0 bridgehead atoms. The van der Waals surface area contributed by atoms with Gasteiger partial charge < -0.3 is 4.74 Å². The molecule has 114 valence electrons. The van der Waals surface area contributed by atoms with Crippen molar-refractivity contribution in [2.45, 2.75) is 18.9 Å². The van der Waals surface area contributed by atoms with Crippen LogP contribution in [-0.4, -0.2) is 48.0 Å². The number of hydrogen-bond acceptors (Lipinski definition) is 5. The van der Waals surface area contributed by atoms with Gasteiger partial charge in [0, 0.05) is 31.9 Å². The van der Waals surface area contributed by atoms with E-state index >= 15 is 0 Å². The van der Waals surface area contributed by atoms with Gasteiger partial charge in [0.1, 0.15) is 0 Å². The van der Waals surface area contributed by atoms with Crippen molar-refractivity contribution in [3.63, 3.8) is 0 Å². The number of morpholine rings is 1. The lowest BCUT2D eigenvalue weighted by Crippen LogP contribution is -2.44. The molecular weight excluding hydrogens is 292 g/mol. The smallest absolute Gasteiger partial charge is 0.215 e. The Kier molecular flexibility index (Phi) is 3.51. The molecule has 0 N–H and O–H groups in total. The van der Waals surface area contributed by atoms with Crippen LogP contribution in [0.1, 0.15) is 24.5 Å². The van der Waals surface area contributed by atoms with Gasteiger partial charge in [-0.3, -0.25) is 4.68 Å². The van der Waals surface area contributed by atoms with E-state index in [-0.39, 0.29) is 18.4 Å². The molecule has 0 spiro atoms. The summed E-state index contributed by atoms with van der Waals surface area (Å²) in [6.07, 6.45) is 4.59. The molecule has 1 aliphatic heterocycles. The number of nitrogens with zero attached hydrogens (tertiary/aromatic N) is 4. The molecule has 0 amide bonds. The van der Waals surface area contributed by atoms with Gasteiger partial charge in [0.15, 0.2) is 0 Å². The third kappa shape index (κ3) is 2.95. The highest BCUT2D eigenvalue weighted by molar-refractivity contribution is 7.89. The normalized spacial score (nSPS) is 25.4. The third-order valence-corrected chi connectivity index (χ3v) is 6.10.